The van der Waals surface area contributed by atoms with E-state index in [0.29, 0.717) is 11.7 Å². The van der Waals surface area contributed by atoms with Crippen LogP contribution in [0.4, 0.5) is 0 Å². The van der Waals surface area contributed by atoms with Crippen LogP contribution in [0.2, 0.25) is 0 Å². The smallest absolute Gasteiger partial charge is 0.335 e. The average Bonchev–Trinajstić information content (AvgIpc) is 1.65. The zero-order valence-electron chi connectivity index (χ0n) is 4.06. The van der Waals surface area contributed by atoms with Gasteiger partial charge in [0.05, 0.1) is 5.29 Å². The summed E-state index contributed by atoms with van der Waals surface area (Å²) in [7, 11) is 2.90. The second kappa shape index (κ2) is 2.75. The zero-order valence-corrected chi connectivity index (χ0v) is 5.06. The van der Waals surface area contributed by atoms with Gasteiger partial charge in [-0.05, 0) is 6.42 Å². The van der Waals surface area contributed by atoms with Crippen molar-refractivity contribution in [2.75, 3.05) is 0 Å². The van der Waals surface area contributed by atoms with Gasteiger partial charge < -0.3 is 5.11 Å². The van der Waals surface area contributed by atoms with Gasteiger partial charge in [-0.25, -0.2) is 4.79 Å². The molecular formula is C4H7O2P. The Bertz CT molecular complexity index is 97.9. The van der Waals surface area contributed by atoms with Gasteiger partial charge in [-0.1, -0.05) is 6.92 Å². The highest BCUT2D eigenvalue weighted by molar-refractivity contribution is 7.25. The van der Waals surface area contributed by atoms with E-state index in [2.05, 4.69) is 8.86 Å². The summed E-state index contributed by atoms with van der Waals surface area (Å²) in [5.74, 6) is -0.876. The van der Waals surface area contributed by atoms with E-state index in [1.807, 2.05) is 0 Å². The molecule has 0 radical (unpaired) electrons. The number of carboxylic acids is 1. The van der Waals surface area contributed by atoms with Crippen LogP contribution in [0.1, 0.15) is 13.3 Å². The largest absolute Gasteiger partial charge is 0.478 e. The Hall–Kier alpha value is -0.360. The van der Waals surface area contributed by atoms with E-state index in [1.54, 1.807) is 6.92 Å². The average molecular weight is 118 g/mol. The fraction of sp³-hybridized carbons (Fsp3) is 0.500. The van der Waals surface area contributed by atoms with Crippen LogP contribution < -0.4 is 0 Å². The van der Waals surface area contributed by atoms with Crippen LogP contribution in [0.25, 0.3) is 0 Å². The van der Waals surface area contributed by atoms with Crippen molar-refractivity contribution in [3.8, 4) is 0 Å². The molecule has 0 saturated heterocycles. The third-order valence-electron chi connectivity index (χ3n) is 0.612. The first kappa shape index (κ1) is 6.64. The molecule has 0 unspecified atom stereocenters. The second-order valence-corrected chi connectivity index (χ2v) is 1.74. The monoisotopic (exact) mass is 118 g/mol. The van der Waals surface area contributed by atoms with Crippen molar-refractivity contribution >= 4 is 20.1 Å². The van der Waals surface area contributed by atoms with Crippen molar-refractivity contribution in [1.82, 2.24) is 0 Å². The minimum absolute atomic E-state index is 0.319. The summed E-state index contributed by atoms with van der Waals surface area (Å²) in [6.07, 6.45) is 0.548. The quantitative estimate of drug-likeness (QED) is 0.544. The summed E-state index contributed by atoms with van der Waals surface area (Å²) in [5.41, 5.74) is 0. The predicted octanol–water partition coefficient (Wildman–Crippen LogP) is 0.796. The molecule has 0 bridgehead atoms. The van der Waals surface area contributed by atoms with Crippen LogP contribution in [0, 0.1) is 0 Å². The molecule has 0 atom stereocenters. The predicted molar refractivity (Wildman–Crippen MR) is 31.2 cm³/mol. The normalized spacial score (nSPS) is 8.14. The van der Waals surface area contributed by atoms with E-state index >= 15 is 0 Å². The molecule has 0 saturated carbocycles. The standard InChI is InChI=1S/C4H7O2P/c1-2-3(7)4(5)6/h7H,2H2,1H3,(H,5,6). The van der Waals surface area contributed by atoms with Gasteiger partial charge in [-0.15, -0.1) is 8.86 Å². The van der Waals surface area contributed by atoms with Gasteiger partial charge >= 0.3 is 5.97 Å². The van der Waals surface area contributed by atoms with Crippen LogP contribution in [0.3, 0.4) is 0 Å². The summed E-state index contributed by atoms with van der Waals surface area (Å²) in [6, 6.07) is 0. The summed E-state index contributed by atoms with van der Waals surface area (Å²) in [4.78, 5) is 9.84. The van der Waals surface area contributed by atoms with Gasteiger partial charge in [0.1, 0.15) is 0 Å². The first-order valence-electron chi connectivity index (χ1n) is 1.99. The number of carbonyl (C=O) groups is 1. The van der Waals surface area contributed by atoms with E-state index in [4.69, 9.17) is 5.11 Å². The molecular weight excluding hydrogens is 111 g/mol. The molecule has 0 rings (SSSR count). The highest BCUT2D eigenvalue weighted by Crippen LogP contribution is 1.85. The lowest BCUT2D eigenvalue weighted by Crippen LogP contribution is -2.06. The molecule has 0 amide bonds. The molecule has 0 aliphatic rings. The topological polar surface area (TPSA) is 37.3 Å². The minimum atomic E-state index is -0.876. The Morgan fingerprint density at radius 1 is 1.86 bits per heavy atom. The summed E-state index contributed by atoms with van der Waals surface area (Å²) < 4.78 is 0. The van der Waals surface area contributed by atoms with E-state index in [1.165, 1.54) is 0 Å². The fourth-order valence-corrected chi connectivity index (χ4v) is 0.151. The first-order chi connectivity index (χ1) is 3.18. The fourth-order valence-electron chi connectivity index (χ4n) is 0.151. The Labute approximate surface area is 44.4 Å². The molecule has 0 aromatic rings. The molecule has 3 heteroatoms. The van der Waals surface area contributed by atoms with E-state index < -0.39 is 5.97 Å². The summed E-state index contributed by atoms with van der Waals surface area (Å²) in [6.45, 7) is 1.77. The van der Waals surface area contributed by atoms with E-state index in [0.717, 1.165) is 0 Å². The molecule has 0 aromatic carbocycles. The Kier molecular flexibility index (Phi) is 2.61. The lowest BCUT2D eigenvalue weighted by Gasteiger charge is -1.86. The first-order valence-corrected chi connectivity index (χ1v) is 2.49. The van der Waals surface area contributed by atoms with Gasteiger partial charge in [0.15, 0.2) is 0 Å². The third-order valence-corrected chi connectivity index (χ3v) is 1.18. The maximum absolute atomic E-state index is 9.84. The lowest BCUT2D eigenvalue weighted by atomic mass is 10.3. The molecule has 2 nitrogen and oxygen atoms in total. The number of hydrogen-bond donors (Lipinski definition) is 1. The molecule has 0 spiro atoms. The molecule has 7 heavy (non-hydrogen) atoms. The maximum atomic E-state index is 9.84. The SMILES string of the molecule is CCC(=P)C(=O)O. The highest BCUT2D eigenvalue weighted by Gasteiger charge is 1.97. The van der Waals surface area contributed by atoms with Crippen molar-refractivity contribution in [1.29, 1.82) is 0 Å². The van der Waals surface area contributed by atoms with Gasteiger partial charge in [0.2, 0.25) is 0 Å². The molecule has 0 heterocycles. The second-order valence-electron chi connectivity index (χ2n) is 1.14. The zero-order chi connectivity index (χ0) is 5.86. The van der Waals surface area contributed by atoms with Gasteiger partial charge in [-0.2, -0.15) is 0 Å². The molecule has 0 aromatic heterocycles. The van der Waals surface area contributed by atoms with Crippen LogP contribution >= 0.6 is 8.86 Å². The van der Waals surface area contributed by atoms with Crippen LogP contribution in [-0.2, 0) is 4.79 Å². The summed E-state index contributed by atoms with van der Waals surface area (Å²) >= 11 is 0. The number of carboxylic acid groups (broad SMARTS) is 1. The lowest BCUT2D eigenvalue weighted by molar-refractivity contribution is -0.129. The van der Waals surface area contributed by atoms with Gasteiger partial charge in [0.25, 0.3) is 0 Å². The number of aliphatic carboxylic acids is 1. The molecule has 0 fully saturated rings. The number of hydrogen-bond acceptors (Lipinski definition) is 1. The van der Waals surface area contributed by atoms with Crippen molar-refractivity contribution in [3.63, 3.8) is 0 Å². The van der Waals surface area contributed by atoms with E-state index in [9.17, 15) is 4.79 Å². The van der Waals surface area contributed by atoms with Crippen LogP contribution in [-0.4, -0.2) is 16.4 Å². The van der Waals surface area contributed by atoms with Crippen molar-refractivity contribution in [3.05, 3.63) is 0 Å². The van der Waals surface area contributed by atoms with Crippen LogP contribution in [0.15, 0.2) is 0 Å². The summed E-state index contributed by atoms with van der Waals surface area (Å²) in [5, 5.41) is 8.42. The highest BCUT2D eigenvalue weighted by atomic mass is 31.0. The molecule has 0 aliphatic carbocycles. The van der Waals surface area contributed by atoms with E-state index in [-0.39, 0.29) is 0 Å². The maximum Gasteiger partial charge on any atom is 0.335 e. The Balaban J connectivity index is 3.58. The molecule has 40 valence electrons. The Morgan fingerprint density at radius 2 is 2.29 bits per heavy atom. The molecule has 1 N–H and O–H groups in total. The van der Waals surface area contributed by atoms with Crippen LogP contribution in [0.5, 0.6) is 0 Å². The van der Waals surface area contributed by atoms with Gasteiger partial charge in [0, 0.05) is 0 Å². The van der Waals surface area contributed by atoms with Crippen molar-refractivity contribution < 1.29 is 9.90 Å². The van der Waals surface area contributed by atoms with Crippen molar-refractivity contribution in [2.24, 2.45) is 0 Å². The van der Waals surface area contributed by atoms with Crippen molar-refractivity contribution in [2.45, 2.75) is 13.3 Å². The van der Waals surface area contributed by atoms with Gasteiger partial charge in [-0.3, -0.25) is 0 Å². The Morgan fingerprint density at radius 3 is 2.29 bits per heavy atom. The minimum Gasteiger partial charge on any atom is -0.478 e. The molecule has 0 aliphatic heterocycles. The third kappa shape index (κ3) is 2.35. The number of rotatable bonds is 2.